The molecule has 1 N–H and O–H groups in total. The van der Waals surface area contributed by atoms with E-state index in [0.717, 1.165) is 38.2 Å². The molecule has 4 nitrogen and oxygen atoms in total. The molecule has 132 valence electrons. The van der Waals surface area contributed by atoms with Crippen LogP contribution in [0.5, 0.6) is 0 Å². The Balaban J connectivity index is 1.43. The topological polar surface area (TPSA) is 41.6 Å². The summed E-state index contributed by atoms with van der Waals surface area (Å²) in [5, 5.41) is 2.99. The smallest absolute Gasteiger partial charge is 0.251 e. The van der Waals surface area contributed by atoms with Crippen LogP contribution in [0.2, 0.25) is 0 Å². The molecule has 0 bridgehead atoms. The molecule has 2 aromatic carbocycles. The van der Waals surface area contributed by atoms with E-state index >= 15 is 0 Å². The molecule has 1 fully saturated rings. The van der Waals surface area contributed by atoms with Crippen LogP contribution in [0.4, 0.5) is 0 Å². The lowest BCUT2D eigenvalue weighted by atomic mass is 10.1. The van der Waals surface area contributed by atoms with Gasteiger partial charge >= 0.3 is 0 Å². The number of morpholine rings is 1. The Morgan fingerprint density at radius 1 is 1.16 bits per heavy atom. The van der Waals surface area contributed by atoms with E-state index in [4.69, 9.17) is 4.74 Å². The van der Waals surface area contributed by atoms with Gasteiger partial charge < -0.3 is 10.1 Å². The van der Waals surface area contributed by atoms with Crippen LogP contribution in [0.25, 0.3) is 0 Å². The van der Waals surface area contributed by atoms with Crippen LogP contribution < -0.4 is 5.32 Å². The van der Waals surface area contributed by atoms with Crippen molar-refractivity contribution in [1.82, 2.24) is 10.2 Å². The second-order valence-electron chi connectivity index (χ2n) is 6.61. The van der Waals surface area contributed by atoms with Crippen molar-refractivity contribution in [3.63, 3.8) is 0 Å². The van der Waals surface area contributed by atoms with Gasteiger partial charge in [0.25, 0.3) is 5.91 Å². The predicted molar refractivity (Wildman–Crippen MR) is 99.8 cm³/mol. The maximum Gasteiger partial charge on any atom is 0.251 e. The van der Waals surface area contributed by atoms with Gasteiger partial charge in [-0.3, -0.25) is 9.69 Å². The zero-order valence-corrected chi connectivity index (χ0v) is 14.8. The zero-order valence-electron chi connectivity index (χ0n) is 14.8. The summed E-state index contributed by atoms with van der Waals surface area (Å²) >= 11 is 0. The largest absolute Gasteiger partial charge is 0.374 e. The average Bonchev–Trinajstić information content (AvgIpc) is 2.66. The summed E-state index contributed by atoms with van der Waals surface area (Å²) in [6.45, 7) is 6.13. The highest BCUT2D eigenvalue weighted by molar-refractivity contribution is 5.94. The molecule has 0 aliphatic carbocycles. The molecule has 0 spiro atoms. The van der Waals surface area contributed by atoms with Gasteiger partial charge in [0.15, 0.2) is 0 Å². The van der Waals surface area contributed by atoms with Crippen LogP contribution in [0.3, 0.4) is 0 Å². The number of nitrogens with zero attached hydrogens (tertiary/aromatic N) is 1. The number of nitrogens with one attached hydrogen (secondary N) is 1. The van der Waals surface area contributed by atoms with Gasteiger partial charge in [-0.1, -0.05) is 48.0 Å². The highest BCUT2D eigenvalue weighted by Crippen LogP contribution is 2.08. The fraction of sp³-hybridized carbons (Fsp3) is 0.381. The average molecular weight is 338 g/mol. The van der Waals surface area contributed by atoms with Gasteiger partial charge in [0.1, 0.15) is 0 Å². The normalized spacial score (nSPS) is 18.0. The standard InChI is InChI=1S/C21H26N2O2/c1-17-7-9-19(10-8-17)21(24)22-15-20-16-23(13-14-25-20)12-11-18-5-3-2-4-6-18/h2-10,20H,11-16H2,1H3,(H,22,24). The molecule has 1 aliphatic rings. The van der Waals surface area contributed by atoms with E-state index in [-0.39, 0.29) is 12.0 Å². The highest BCUT2D eigenvalue weighted by Gasteiger charge is 2.20. The summed E-state index contributed by atoms with van der Waals surface area (Å²) in [4.78, 5) is 14.6. The lowest BCUT2D eigenvalue weighted by Gasteiger charge is -2.33. The highest BCUT2D eigenvalue weighted by atomic mass is 16.5. The molecule has 2 aromatic rings. The summed E-state index contributed by atoms with van der Waals surface area (Å²) < 4.78 is 5.81. The molecule has 0 aromatic heterocycles. The Bertz CT molecular complexity index is 670. The van der Waals surface area contributed by atoms with Gasteiger partial charge in [0.05, 0.1) is 12.7 Å². The summed E-state index contributed by atoms with van der Waals surface area (Å²) in [6, 6.07) is 18.2. The van der Waals surface area contributed by atoms with E-state index in [1.165, 1.54) is 5.56 Å². The number of rotatable bonds is 6. The zero-order chi connectivity index (χ0) is 17.5. The number of hydrogen-bond acceptors (Lipinski definition) is 3. The van der Waals surface area contributed by atoms with Crippen molar-refractivity contribution >= 4 is 5.91 Å². The first-order chi connectivity index (χ1) is 12.2. The Labute approximate surface area is 149 Å². The number of hydrogen-bond donors (Lipinski definition) is 1. The van der Waals surface area contributed by atoms with Crippen molar-refractivity contribution in [3.8, 4) is 0 Å². The van der Waals surface area contributed by atoms with Crippen molar-refractivity contribution < 1.29 is 9.53 Å². The first-order valence-corrected chi connectivity index (χ1v) is 8.93. The molecular formula is C21H26N2O2. The van der Waals surface area contributed by atoms with Gasteiger partial charge in [-0.25, -0.2) is 0 Å². The minimum atomic E-state index is -0.0370. The third kappa shape index (κ3) is 5.41. The Hall–Kier alpha value is -2.17. The fourth-order valence-electron chi connectivity index (χ4n) is 3.05. The summed E-state index contributed by atoms with van der Waals surface area (Å²) in [6.07, 6.45) is 1.10. The molecule has 4 heteroatoms. The maximum absolute atomic E-state index is 12.2. The maximum atomic E-state index is 12.2. The van der Waals surface area contributed by atoms with Crippen molar-refractivity contribution in [3.05, 3.63) is 71.3 Å². The van der Waals surface area contributed by atoms with E-state index in [9.17, 15) is 4.79 Å². The Kier molecular flexibility index (Phi) is 6.20. The first-order valence-electron chi connectivity index (χ1n) is 8.93. The van der Waals surface area contributed by atoms with Crippen LogP contribution in [0.1, 0.15) is 21.5 Å². The van der Waals surface area contributed by atoms with Crippen LogP contribution in [-0.2, 0) is 11.2 Å². The van der Waals surface area contributed by atoms with Gasteiger partial charge in [-0.2, -0.15) is 0 Å². The van der Waals surface area contributed by atoms with Crippen LogP contribution >= 0.6 is 0 Å². The van der Waals surface area contributed by atoms with E-state index in [0.29, 0.717) is 12.1 Å². The fourth-order valence-corrected chi connectivity index (χ4v) is 3.05. The number of benzene rings is 2. The van der Waals surface area contributed by atoms with E-state index < -0.39 is 0 Å². The molecular weight excluding hydrogens is 312 g/mol. The minimum Gasteiger partial charge on any atom is -0.374 e. The Morgan fingerprint density at radius 2 is 1.92 bits per heavy atom. The van der Waals surface area contributed by atoms with E-state index in [1.54, 1.807) is 0 Å². The summed E-state index contributed by atoms with van der Waals surface area (Å²) in [5.74, 6) is -0.0370. The van der Waals surface area contributed by atoms with Crippen molar-refractivity contribution in [2.75, 3.05) is 32.8 Å². The molecule has 1 aliphatic heterocycles. The first kappa shape index (κ1) is 17.6. The summed E-state index contributed by atoms with van der Waals surface area (Å²) in [7, 11) is 0. The molecule has 0 saturated carbocycles. The third-order valence-corrected chi connectivity index (χ3v) is 4.59. The second-order valence-corrected chi connectivity index (χ2v) is 6.61. The number of carbonyl (C=O) groups excluding carboxylic acids is 1. The predicted octanol–water partition coefficient (Wildman–Crippen LogP) is 2.67. The van der Waals surface area contributed by atoms with Crippen molar-refractivity contribution in [2.45, 2.75) is 19.4 Å². The Morgan fingerprint density at radius 3 is 2.68 bits per heavy atom. The number of ether oxygens (including phenoxy) is 1. The number of amides is 1. The van der Waals surface area contributed by atoms with Gasteiger partial charge in [0.2, 0.25) is 0 Å². The molecule has 25 heavy (non-hydrogen) atoms. The van der Waals surface area contributed by atoms with Gasteiger partial charge in [-0.05, 0) is 31.0 Å². The van der Waals surface area contributed by atoms with Crippen molar-refractivity contribution in [2.24, 2.45) is 0 Å². The molecule has 3 rings (SSSR count). The summed E-state index contributed by atoms with van der Waals surface area (Å²) in [5.41, 5.74) is 3.21. The molecule has 1 amide bonds. The van der Waals surface area contributed by atoms with Crippen molar-refractivity contribution in [1.29, 1.82) is 0 Å². The molecule has 1 saturated heterocycles. The number of aryl methyl sites for hydroxylation is 1. The van der Waals surface area contributed by atoms with Gasteiger partial charge in [0, 0.05) is 31.7 Å². The second kappa shape index (κ2) is 8.79. The molecule has 1 heterocycles. The quantitative estimate of drug-likeness (QED) is 0.880. The van der Waals surface area contributed by atoms with Crippen LogP contribution in [0, 0.1) is 6.92 Å². The van der Waals surface area contributed by atoms with E-state index in [1.807, 2.05) is 37.3 Å². The number of carbonyl (C=O) groups is 1. The van der Waals surface area contributed by atoms with E-state index in [2.05, 4.69) is 34.5 Å². The van der Waals surface area contributed by atoms with Crippen LogP contribution in [0.15, 0.2) is 54.6 Å². The third-order valence-electron chi connectivity index (χ3n) is 4.59. The monoisotopic (exact) mass is 338 g/mol. The van der Waals surface area contributed by atoms with Gasteiger partial charge in [-0.15, -0.1) is 0 Å². The molecule has 0 radical (unpaired) electrons. The van der Waals surface area contributed by atoms with Crippen LogP contribution in [-0.4, -0.2) is 49.7 Å². The SMILES string of the molecule is Cc1ccc(C(=O)NCC2CN(CCc3ccccc3)CCO2)cc1. The minimum absolute atomic E-state index is 0.0370. The molecule has 1 atom stereocenters. The lowest BCUT2D eigenvalue weighted by Crippen LogP contribution is -2.48. The molecule has 1 unspecified atom stereocenters. The lowest BCUT2D eigenvalue weighted by molar-refractivity contribution is -0.0259.